The molecule has 0 saturated heterocycles. The van der Waals surface area contributed by atoms with E-state index in [4.69, 9.17) is 4.74 Å². The summed E-state index contributed by atoms with van der Waals surface area (Å²) in [5, 5.41) is 6.41. The Morgan fingerprint density at radius 2 is 1.70 bits per heavy atom. The molecule has 1 aromatic heterocycles. The number of halogens is 3. The van der Waals surface area contributed by atoms with E-state index in [1.165, 1.54) is 23.9 Å². The van der Waals surface area contributed by atoms with E-state index in [2.05, 4.69) is 10.6 Å². The SMILES string of the molecule is CCOC(=O)c1ccc(NC(=O)CSc2cn(CCNC(=O)c3cccc(C(F)(F)F)c3)c3ccccc23)cc1. The molecule has 11 heteroatoms. The Kier molecular flexibility index (Phi) is 9.15. The van der Waals surface area contributed by atoms with Crippen LogP contribution in [0.1, 0.15) is 33.2 Å². The number of ether oxygens (including phenoxy) is 1. The molecular weight excluding hydrogens is 543 g/mol. The third-order valence-electron chi connectivity index (χ3n) is 5.88. The number of hydrogen-bond donors (Lipinski definition) is 2. The molecule has 0 radical (unpaired) electrons. The molecule has 3 aromatic carbocycles. The van der Waals surface area contributed by atoms with Crippen molar-refractivity contribution in [3.63, 3.8) is 0 Å². The second kappa shape index (κ2) is 12.7. The van der Waals surface area contributed by atoms with E-state index in [1.54, 1.807) is 31.2 Å². The topological polar surface area (TPSA) is 89.4 Å². The molecule has 2 N–H and O–H groups in total. The molecule has 0 saturated carbocycles. The third kappa shape index (κ3) is 7.23. The van der Waals surface area contributed by atoms with Crippen molar-refractivity contribution in [3.8, 4) is 0 Å². The van der Waals surface area contributed by atoms with Gasteiger partial charge in [-0.15, -0.1) is 11.8 Å². The lowest BCUT2D eigenvalue weighted by Gasteiger charge is -2.10. The minimum absolute atomic E-state index is 0.0648. The number of nitrogens with zero attached hydrogens (tertiary/aromatic N) is 1. The van der Waals surface area contributed by atoms with Crippen LogP contribution in [0.3, 0.4) is 0 Å². The summed E-state index contributed by atoms with van der Waals surface area (Å²) in [5.74, 6) is -1.11. The summed E-state index contributed by atoms with van der Waals surface area (Å²) in [6, 6.07) is 18.3. The van der Waals surface area contributed by atoms with Gasteiger partial charge in [-0.3, -0.25) is 9.59 Å². The maximum Gasteiger partial charge on any atom is 0.416 e. The van der Waals surface area contributed by atoms with Crippen LogP contribution >= 0.6 is 11.8 Å². The van der Waals surface area contributed by atoms with E-state index >= 15 is 0 Å². The van der Waals surface area contributed by atoms with E-state index in [-0.39, 0.29) is 30.4 Å². The molecule has 7 nitrogen and oxygen atoms in total. The van der Waals surface area contributed by atoms with Gasteiger partial charge in [0.2, 0.25) is 5.91 Å². The van der Waals surface area contributed by atoms with Gasteiger partial charge in [0.25, 0.3) is 5.91 Å². The fourth-order valence-electron chi connectivity index (χ4n) is 3.99. The summed E-state index contributed by atoms with van der Waals surface area (Å²) >= 11 is 1.35. The molecule has 0 aliphatic heterocycles. The van der Waals surface area contributed by atoms with E-state index < -0.39 is 23.6 Å². The van der Waals surface area contributed by atoms with E-state index in [9.17, 15) is 27.6 Å². The molecule has 0 bridgehead atoms. The minimum Gasteiger partial charge on any atom is -0.462 e. The largest absolute Gasteiger partial charge is 0.462 e. The van der Waals surface area contributed by atoms with Crippen LogP contribution in [0.5, 0.6) is 0 Å². The number of thioether (sulfide) groups is 1. The second-order valence-electron chi connectivity index (χ2n) is 8.67. The standard InChI is InChI=1S/C29H26F3N3O4S/c1-2-39-28(38)19-10-12-22(13-11-19)34-26(36)18-40-25-17-35(24-9-4-3-8-23(24)25)15-14-33-27(37)20-6-5-7-21(16-20)29(30,31)32/h3-13,16-17H,2,14-15,18H2,1H3,(H,33,37)(H,34,36). The molecule has 0 spiro atoms. The summed E-state index contributed by atoms with van der Waals surface area (Å²) in [6.45, 7) is 2.58. The Bertz CT molecular complexity index is 1520. The fourth-order valence-corrected chi connectivity index (χ4v) is 4.87. The van der Waals surface area contributed by atoms with Gasteiger partial charge < -0.3 is 19.9 Å². The number of para-hydroxylation sites is 1. The van der Waals surface area contributed by atoms with Crippen molar-refractivity contribution in [2.45, 2.75) is 24.5 Å². The first kappa shape index (κ1) is 28.8. The monoisotopic (exact) mass is 569 g/mol. The van der Waals surface area contributed by atoms with Crippen molar-refractivity contribution >= 4 is 46.1 Å². The number of esters is 1. The predicted molar refractivity (Wildman–Crippen MR) is 147 cm³/mol. The van der Waals surface area contributed by atoms with Crippen LogP contribution in [0.25, 0.3) is 10.9 Å². The zero-order chi connectivity index (χ0) is 28.7. The average Bonchev–Trinajstić information content (AvgIpc) is 3.29. The number of aromatic nitrogens is 1. The molecule has 4 aromatic rings. The highest BCUT2D eigenvalue weighted by molar-refractivity contribution is 8.00. The zero-order valence-corrected chi connectivity index (χ0v) is 22.3. The number of nitrogens with one attached hydrogen (secondary N) is 2. The average molecular weight is 570 g/mol. The van der Waals surface area contributed by atoms with Gasteiger partial charge in [0.15, 0.2) is 0 Å². The number of carbonyl (C=O) groups excluding carboxylic acids is 3. The van der Waals surface area contributed by atoms with Crippen LogP contribution in [0.15, 0.2) is 83.9 Å². The predicted octanol–water partition coefficient (Wildman–Crippen LogP) is 6.00. The number of alkyl halides is 3. The van der Waals surface area contributed by atoms with Crippen molar-refractivity contribution in [1.82, 2.24) is 9.88 Å². The first-order chi connectivity index (χ1) is 19.2. The van der Waals surface area contributed by atoms with Crippen LogP contribution in [0.4, 0.5) is 18.9 Å². The molecule has 0 aliphatic rings. The fraction of sp³-hybridized carbons (Fsp3) is 0.207. The number of carbonyl (C=O) groups is 3. The van der Waals surface area contributed by atoms with Gasteiger partial charge in [0.1, 0.15) is 0 Å². The number of benzene rings is 3. The number of rotatable bonds is 10. The number of anilines is 1. The van der Waals surface area contributed by atoms with Crippen molar-refractivity contribution in [2.24, 2.45) is 0 Å². The Labute approximate surface area is 232 Å². The Morgan fingerprint density at radius 3 is 2.42 bits per heavy atom. The van der Waals surface area contributed by atoms with Gasteiger partial charge in [-0.05, 0) is 55.5 Å². The van der Waals surface area contributed by atoms with Crippen LogP contribution in [-0.4, -0.2) is 41.3 Å². The highest BCUT2D eigenvalue weighted by atomic mass is 32.2. The van der Waals surface area contributed by atoms with E-state index in [0.29, 0.717) is 17.8 Å². The van der Waals surface area contributed by atoms with Crippen LogP contribution in [-0.2, 0) is 22.3 Å². The van der Waals surface area contributed by atoms with Gasteiger partial charge >= 0.3 is 12.1 Å². The first-order valence-corrected chi connectivity index (χ1v) is 13.4. The van der Waals surface area contributed by atoms with Crippen molar-refractivity contribution in [1.29, 1.82) is 0 Å². The zero-order valence-electron chi connectivity index (χ0n) is 21.5. The van der Waals surface area contributed by atoms with Gasteiger partial charge in [-0.2, -0.15) is 13.2 Å². The maximum absolute atomic E-state index is 13.0. The second-order valence-corrected chi connectivity index (χ2v) is 9.69. The molecule has 1 heterocycles. The van der Waals surface area contributed by atoms with E-state index in [1.807, 2.05) is 35.0 Å². The van der Waals surface area contributed by atoms with Gasteiger partial charge in [-0.1, -0.05) is 24.3 Å². The highest BCUT2D eigenvalue weighted by Crippen LogP contribution is 2.31. The first-order valence-electron chi connectivity index (χ1n) is 12.4. The smallest absolute Gasteiger partial charge is 0.416 e. The molecule has 208 valence electrons. The summed E-state index contributed by atoms with van der Waals surface area (Å²) in [7, 11) is 0. The lowest BCUT2D eigenvalue weighted by Crippen LogP contribution is -2.27. The lowest BCUT2D eigenvalue weighted by molar-refractivity contribution is -0.137. The molecule has 2 amide bonds. The normalized spacial score (nSPS) is 11.3. The maximum atomic E-state index is 13.0. The Morgan fingerprint density at radius 1 is 0.950 bits per heavy atom. The van der Waals surface area contributed by atoms with Crippen LogP contribution in [0.2, 0.25) is 0 Å². The van der Waals surface area contributed by atoms with E-state index in [0.717, 1.165) is 27.9 Å². The molecule has 4 rings (SSSR count). The highest BCUT2D eigenvalue weighted by Gasteiger charge is 2.30. The van der Waals surface area contributed by atoms with Gasteiger partial charge in [0, 0.05) is 46.3 Å². The van der Waals surface area contributed by atoms with Crippen LogP contribution < -0.4 is 10.6 Å². The molecule has 0 atom stereocenters. The molecule has 0 fully saturated rings. The molecular formula is C29H26F3N3O4S. The van der Waals surface area contributed by atoms with Gasteiger partial charge in [0.05, 0.1) is 23.5 Å². The summed E-state index contributed by atoms with van der Waals surface area (Å²) < 4.78 is 45.8. The summed E-state index contributed by atoms with van der Waals surface area (Å²) in [4.78, 5) is 37.7. The number of hydrogen-bond acceptors (Lipinski definition) is 5. The lowest BCUT2D eigenvalue weighted by atomic mass is 10.1. The van der Waals surface area contributed by atoms with Crippen molar-refractivity contribution in [3.05, 3.63) is 95.7 Å². The number of fused-ring (bicyclic) bond motifs is 1. The van der Waals surface area contributed by atoms with Crippen molar-refractivity contribution < 1.29 is 32.3 Å². The van der Waals surface area contributed by atoms with Crippen molar-refractivity contribution in [2.75, 3.05) is 24.2 Å². The third-order valence-corrected chi connectivity index (χ3v) is 6.92. The minimum atomic E-state index is -4.53. The molecule has 0 unspecified atom stereocenters. The Balaban J connectivity index is 1.35. The van der Waals surface area contributed by atoms with Gasteiger partial charge in [-0.25, -0.2) is 4.79 Å². The summed E-state index contributed by atoms with van der Waals surface area (Å²) in [5.41, 5.74) is 0.903. The molecule has 0 aliphatic carbocycles. The van der Waals surface area contributed by atoms with Crippen LogP contribution in [0, 0.1) is 0 Å². The Hall–Kier alpha value is -4.25. The quantitative estimate of drug-likeness (QED) is 0.181. The number of amides is 2. The molecule has 40 heavy (non-hydrogen) atoms. The summed E-state index contributed by atoms with van der Waals surface area (Å²) in [6.07, 6.45) is -2.65.